The van der Waals surface area contributed by atoms with Crippen molar-refractivity contribution in [3.05, 3.63) is 23.4 Å². The Morgan fingerprint density at radius 2 is 2.12 bits per heavy atom. The molecule has 1 aromatic rings. The maximum atomic E-state index is 13.4. The average Bonchev–Trinajstić information content (AvgIpc) is 2.86. The van der Waals surface area contributed by atoms with Crippen molar-refractivity contribution in [3.63, 3.8) is 0 Å². The molecule has 3 heterocycles. The van der Waals surface area contributed by atoms with Gasteiger partial charge in [0.1, 0.15) is 11.7 Å². The minimum absolute atomic E-state index is 0.0373. The third kappa shape index (κ3) is 6.28. The minimum Gasteiger partial charge on any atom is -0.472 e. The molecule has 0 radical (unpaired) electrons. The Labute approximate surface area is 202 Å². The molecule has 0 unspecified atom stereocenters. The van der Waals surface area contributed by atoms with Crippen molar-refractivity contribution < 1.29 is 24.2 Å². The van der Waals surface area contributed by atoms with E-state index in [1.165, 1.54) is 0 Å². The van der Waals surface area contributed by atoms with Gasteiger partial charge in [0, 0.05) is 56.8 Å². The molecule has 0 aromatic carbocycles. The second kappa shape index (κ2) is 12.2. The van der Waals surface area contributed by atoms with E-state index in [2.05, 4.69) is 23.7 Å². The van der Waals surface area contributed by atoms with Gasteiger partial charge in [-0.25, -0.2) is 4.98 Å². The van der Waals surface area contributed by atoms with Gasteiger partial charge in [-0.1, -0.05) is 25.7 Å². The number of pyridine rings is 1. The summed E-state index contributed by atoms with van der Waals surface area (Å²) in [5.74, 6) is 6.12. The second-order valence-corrected chi connectivity index (χ2v) is 9.36. The lowest BCUT2D eigenvalue weighted by molar-refractivity contribution is -0.138. The number of rotatable bonds is 6. The van der Waals surface area contributed by atoms with Gasteiger partial charge in [-0.2, -0.15) is 0 Å². The van der Waals surface area contributed by atoms with Crippen LogP contribution in [-0.2, 0) is 9.53 Å². The molecule has 34 heavy (non-hydrogen) atoms. The molecule has 8 nitrogen and oxygen atoms in total. The van der Waals surface area contributed by atoms with Gasteiger partial charge in [-0.3, -0.25) is 9.59 Å². The zero-order chi connectivity index (χ0) is 24.7. The lowest BCUT2D eigenvalue weighted by Crippen LogP contribution is -2.51. The minimum atomic E-state index is -0.363. The van der Waals surface area contributed by atoms with Crippen molar-refractivity contribution in [2.75, 3.05) is 40.0 Å². The highest BCUT2D eigenvalue weighted by molar-refractivity contribution is 5.97. The Kier molecular flexibility index (Phi) is 9.31. The zero-order valence-corrected chi connectivity index (χ0v) is 20.7. The summed E-state index contributed by atoms with van der Waals surface area (Å²) in [6.45, 7) is 7.73. The molecule has 186 valence electrons. The van der Waals surface area contributed by atoms with Crippen LogP contribution in [0.2, 0.25) is 0 Å². The molecular weight excluding hydrogens is 434 g/mol. The molecule has 1 N–H and O–H groups in total. The highest BCUT2D eigenvalue weighted by atomic mass is 16.5. The Hall–Kier alpha value is -2.63. The molecule has 0 aliphatic carbocycles. The summed E-state index contributed by atoms with van der Waals surface area (Å²) < 4.78 is 11.7. The number of hydrogen-bond donors (Lipinski definition) is 1. The number of likely N-dealkylation sites (N-methyl/N-ethyl adjacent to an activating group) is 1. The summed E-state index contributed by atoms with van der Waals surface area (Å²) in [5, 5.41) is 9.80. The van der Waals surface area contributed by atoms with Gasteiger partial charge in [0.15, 0.2) is 0 Å². The van der Waals surface area contributed by atoms with E-state index in [9.17, 15) is 14.7 Å². The first kappa shape index (κ1) is 26.0. The van der Waals surface area contributed by atoms with E-state index < -0.39 is 0 Å². The normalized spacial score (nSPS) is 21.9. The number of hydrogen-bond acceptors (Lipinski definition) is 6. The zero-order valence-electron chi connectivity index (χ0n) is 20.7. The Morgan fingerprint density at radius 3 is 2.79 bits per heavy atom. The van der Waals surface area contributed by atoms with Gasteiger partial charge in [0.2, 0.25) is 11.8 Å². The van der Waals surface area contributed by atoms with E-state index in [1.807, 2.05) is 13.8 Å². The quantitative estimate of drug-likeness (QED) is 0.641. The van der Waals surface area contributed by atoms with Crippen LogP contribution in [-0.4, -0.2) is 83.8 Å². The maximum Gasteiger partial charge on any atom is 0.259 e. The molecule has 1 saturated heterocycles. The van der Waals surface area contributed by atoms with Crippen molar-refractivity contribution in [1.82, 2.24) is 14.8 Å². The third-order valence-corrected chi connectivity index (χ3v) is 6.53. The van der Waals surface area contributed by atoms with Gasteiger partial charge in [-0.15, -0.1) is 0 Å². The van der Waals surface area contributed by atoms with Crippen LogP contribution in [0.5, 0.6) is 5.88 Å². The molecule has 1 aromatic heterocycles. The van der Waals surface area contributed by atoms with Crippen LogP contribution >= 0.6 is 0 Å². The van der Waals surface area contributed by atoms with E-state index in [1.54, 1.807) is 29.1 Å². The van der Waals surface area contributed by atoms with Crippen LogP contribution in [0.25, 0.3) is 0 Å². The maximum absolute atomic E-state index is 13.4. The van der Waals surface area contributed by atoms with Crippen LogP contribution in [0.1, 0.15) is 62.4 Å². The highest BCUT2D eigenvalue weighted by Crippen LogP contribution is 2.28. The number of nitrogens with zero attached hydrogens (tertiary/aromatic N) is 3. The number of carbonyl (C=O) groups excluding carboxylic acids is 2. The molecule has 2 amide bonds. The van der Waals surface area contributed by atoms with Gasteiger partial charge < -0.3 is 24.4 Å². The standard InChI is InChI=1S/C26H37N3O5/c1-5-6-7-8-20-13-22-24(27-14-20)34-23(18(2)15-29(26(22)32)19(3)17-30)16-28(4)25(31)21-9-11-33-12-10-21/h13-14,18-19,21,23,30H,5-6,9-12,15-17H2,1-4H3/t18-,19-,23+/m1/s1. The van der Waals surface area contributed by atoms with Crippen molar-refractivity contribution >= 4 is 11.8 Å². The summed E-state index contributed by atoms with van der Waals surface area (Å²) in [4.78, 5) is 34.3. The van der Waals surface area contributed by atoms with Crippen LogP contribution < -0.4 is 4.74 Å². The Morgan fingerprint density at radius 1 is 1.38 bits per heavy atom. The molecule has 2 aliphatic rings. The molecule has 0 saturated carbocycles. The Balaban J connectivity index is 1.88. The summed E-state index contributed by atoms with van der Waals surface area (Å²) >= 11 is 0. The van der Waals surface area contributed by atoms with Crippen molar-refractivity contribution in [3.8, 4) is 17.7 Å². The lowest BCUT2D eigenvalue weighted by atomic mass is 9.97. The molecular formula is C26H37N3O5. The van der Waals surface area contributed by atoms with Gasteiger partial charge in [-0.05, 0) is 32.3 Å². The summed E-state index contributed by atoms with van der Waals surface area (Å²) in [6.07, 6.45) is 4.43. The van der Waals surface area contributed by atoms with E-state index in [-0.39, 0.29) is 48.3 Å². The fourth-order valence-corrected chi connectivity index (χ4v) is 4.29. The number of aliphatic hydroxyl groups is 1. The van der Waals surface area contributed by atoms with Gasteiger partial charge in [0.05, 0.1) is 19.2 Å². The fraction of sp³-hybridized carbons (Fsp3) is 0.654. The predicted molar refractivity (Wildman–Crippen MR) is 128 cm³/mol. The number of aromatic nitrogens is 1. The van der Waals surface area contributed by atoms with E-state index in [4.69, 9.17) is 9.47 Å². The van der Waals surface area contributed by atoms with E-state index in [0.29, 0.717) is 37.4 Å². The first-order chi connectivity index (χ1) is 16.3. The predicted octanol–water partition coefficient (Wildman–Crippen LogP) is 2.34. The fourth-order valence-electron chi connectivity index (χ4n) is 4.29. The highest BCUT2D eigenvalue weighted by Gasteiger charge is 2.35. The monoisotopic (exact) mass is 471 g/mol. The smallest absolute Gasteiger partial charge is 0.259 e. The summed E-state index contributed by atoms with van der Waals surface area (Å²) in [5.41, 5.74) is 0.983. The Bertz CT molecular complexity index is 919. The number of amides is 2. The van der Waals surface area contributed by atoms with Crippen LogP contribution in [0.3, 0.4) is 0 Å². The van der Waals surface area contributed by atoms with Crippen molar-refractivity contribution in [2.45, 2.75) is 58.6 Å². The van der Waals surface area contributed by atoms with Crippen molar-refractivity contribution in [2.24, 2.45) is 11.8 Å². The molecule has 2 aliphatic heterocycles. The number of unbranched alkanes of at least 4 members (excludes halogenated alkanes) is 1. The molecule has 3 rings (SSSR count). The SMILES string of the molecule is CCCC#Cc1cnc2c(c1)C(=O)N([C@H](C)CO)C[C@@H](C)[C@H](CN(C)C(=O)C1CCOCC1)O2. The topological polar surface area (TPSA) is 92.2 Å². The molecule has 1 fully saturated rings. The van der Waals surface area contributed by atoms with Crippen LogP contribution in [0.4, 0.5) is 0 Å². The van der Waals surface area contributed by atoms with E-state index in [0.717, 1.165) is 25.7 Å². The number of carbonyl (C=O) groups is 2. The van der Waals surface area contributed by atoms with Gasteiger partial charge in [0.25, 0.3) is 5.91 Å². The summed E-state index contributed by atoms with van der Waals surface area (Å²) in [6, 6.07) is 1.35. The molecule has 8 heteroatoms. The van der Waals surface area contributed by atoms with Crippen LogP contribution in [0, 0.1) is 23.7 Å². The third-order valence-electron chi connectivity index (χ3n) is 6.53. The first-order valence-electron chi connectivity index (χ1n) is 12.3. The lowest BCUT2D eigenvalue weighted by Gasteiger charge is -2.38. The molecule has 0 spiro atoms. The first-order valence-corrected chi connectivity index (χ1v) is 12.3. The van der Waals surface area contributed by atoms with Crippen molar-refractivity contribution in [1.29, 1.82) is 0 Å². The summed E-state index contributed by atoms with van der Waals surface area (Å²) in [7, 11) is 1.80. The van der Waals surface area contributed by atoms with Crippen LogP contribution in [0.15, 0.2) is 12.3 Å². The molecule has 0 bridgehead atoms. The number of fused-ring (bicyclic) bond motifs is 1. The number of ether oxygens (including phenoxy) is 2. The average molecular weight is 472 g/mol. The number of aliphatic hydroxyl groups excluding tert-OH is 1. The largest absolute Gasteiger partial charge is 0.472 e. The van der Waals surface area contributed by atoms with Gasteiger partial charge >= 0.3 is 0 Å². The second-order valence-electron chi connectivity index (χ2n) is 9.36. The molecule has 3 atom stereocenters. The van der Waals surface area contributed by atoms with E-state index >= 15 is 0 Å².